The van der Waals surface area contributed by atoms with Crippen molar-refractivity contribution in [2.75, 3.05) is 0 Å². The van der Waals surface area contributed by atoms with Gasteiger partial charge in [-0.1, -0.05) is 34.6 Å². The Morgan fingerprint density at radius 3 is 2.27 bits per heavy atom. The molecule has 4 aliphatic carbocycles. The summed E-state index contributed by atoms with van der Waals surface area (Å²) < 4.78 is 24.6. The fraction of sp³-hybridized carbons (Fsp3) is 0.800. The van der Waals surface area contributed by atoms with E-state index in [0.717, 1.165) is 19.3 Å². The van der Waals surface area contributed by atoms with Crippen molar-refractivity contribution in [1.29, 1.82) is 0 Å². The van der Waals surface area contributed by atoms with Crippen molar-refractivity contribution >= 4 is 11.9 Å². The van der Waals surface area contributed by atoms with Crippen molar-refractivity contribution in [2.45, 2.75) is 117 Å². The van der Waals surface area contributed by atoms with Crippen LogP contribution in [0, 0.1) is 33.5 Å². The number of carbonyl (C=O) groups is 2. The van der Waals surface area contributed by atoms with Gasteiger partial charge in [-0.15, -0.1) is 0 Å². The third kappa shape index (κ3) is 2.91. The van der Waals surface area contributed by atoms with E-state index >= 15 is 0 Å². The highest BCUT2D eigenvalue weighted by atomic mass is 16.6. The minimum Gasteiger partial charge on any atom is -0.472 e. The predicted octanol–water partition coefficient (Wildman–Crippen LogP) is 5.01. The van der Waals surface area contributed by atoms with Gasteiger partial charge in [0.2, 0.25) is 0 Å². The summed E-state index contributed by atoms with van der Waals surface area (Å²) in [6, 6.07) is 2.08. The van der Waals surface area contributed by atoms with E-state index in [2.05, 4.69) is 40.7 Å². The van der Waals surface area contributed by atoms with Gasteiger partial charge >= 0.3 is 11.9 Å². The van der Waals surface area contributed by atoms with E-state index in [4.69, 9.17) is 18.6 Å². The van der Waals surface area contributed by atoms with Crippen LogP contribution in [-0.4, -0.2) is 47.1 Å². The second-order valence-electron chi connectivity index (χ2n) is 13.9. The molecule has 0 aromatic carbocycles. The largest absolute Gasteiger partial charge is 0.472 e. The lowest BCUT2D eigenvalue weighted by Crippen LogP contribution is -2.74. The summed E-state index contributed by atoms with van der Waals surface area (Å²) in [4.78, 5) is 24.9. The van der Waals surface area contributed by atoms with Crippen LogP contribution < -0.4 is 0 Å². The molecule has 204 valence electrons. The Labute approximate surface area is 219 Å². The number of hydrogen-bond donors (Lipinski definition) is 1. The highest BCUT2D eigenvalue weighted by Gasteiger charge is 2.87. The van der Waals surface area contributed by atoms with Crippen molar-refractivity contribution in [3.8, 4) is 0 Å². The summed E-state index contributed by atoms with van der Waals surface area (Å²) in [6.07, 6.45) is 6.12. The Hall–Kier alpha value is -1.86. The van der Waals surface area contributed by atoms with E-state index in [9.17, 15) is 14.7 Å². The number of aliphatic hydroxyl groups is 1. The molecule has 11 unspecified atom stereocenters. The van der Waals surface area contributed by atoms with Gasteiger partial charge in [-0.25, -0.2) is 0 Å². The molecule has 4 saturated carbocycles. The molecule has 37 heavy (non-hydrogen) atoms. The predicted molar refractivity (Wildman–Crippen MR) is 134 cm³/mol. The molecule has 6 rings (SSSR count). The average molecular weight is 515 g/mol. The number of rotatable bonds is 3. The second-order valence-corrected chi connectivity index (χ2v) is 13.9. The first-order valence-corrected chi connectivity index (χ1v) is 14.0. The zero-order chi connectivity index (χ0) is 26.8. The lowest BCUT2D eigenvalue weighted by molar-refractivity contribution is -0.288. The molecule has 2 heterocycles. The Bertz CT molecular complexity index is 1110. The lowest BCUT2D eigenvalue weighted by Gasteiger charge is -2.70. The van der Waals surface area contributed by atoms with Crippen LogP contribution in [0.15, 0.2) is 23.0 Å². The minimum atomic E-state index is -0.619. The van der Waals surface area contributed by atoms with Crippen LogP contribution in [0.25, 0.3) is 0 Å². The summed E-state index contributed by atoms with van der Waals surface area (Å²) in [7, 11) is 0. The van der Waals surface area contributed by atoms with Gasteiger partial charge < -0.3 is 23.7 Å². The molecule has 0 amide bonds. The first-order chi connectivity index (χ1) is 17.2. The quantitative estimate of drug-likeness (QED) is 0.447. The van der Waals surface area contributed by atoms with Gasteiger partial charge in [-0.3, -0.25) is 9.59 Å². The average Bonchev–Trinajstić information content (AvgIpc) is 3.16. The smallest absolute Gasteiger partial charge is 0.302 e. The monoisotopic (exact) mass is 514 g/mol. The second kappa shape index (κ2) is 7.62. The number of furan rings is 1. The maximum atomic E-state index is 12.6. The van der Waals surface area contributed by atoms with E-state index < -0.39 is 34.1 Å². The molecule has 0 bridgehead atoms. The molecule has 7 nitrogen and oxygen atoms in total. The van der Waals surface area contributed by atoms with Gasteiger partial charge in [0.05, 0.1) is 24.7 Å². The molecule has 1 aromatic heterocycles. The van der Waals surface area contributed by atoms with Crippen molar-refractivity contribution < 1.29 is 33.3 Å². The number of epoxide rings is 1. The number of ether oxygens (including phenoxy) is 3. The highest BCUT2D eigenvalue weighted by molar-refractivity contribution is 5.67. The third-order valence-corrected chi connectivity index (χ3v) is 12.3. The van der Waals surface area contributed by atoms with E-state index in [0.29, 0.717) is 18.8 Å². The van der Waals surface area contributed by atoms with E-state index in [1.807, 2.05) is 6.26 Å². The molecule has 0 radical (unpaired) electrons. The van der Waals surface area contributed by atoms with Crippen molar-refractivity contribution in [1.82, 2.24) is 0 Å². The van der Waals surface area contributed by atoms with Gasteiger partial charge in [0, 0.05) is 36.5 Å². The van der Waals surface area contributed by atoms with Crippen LogP contribution in [0.4, 0.5) is 0 Å². The molecule has 7 heteroatoms. The highest BCUT2D eigenvalue weighted by Crippen LogP contribution is 2.83. The van der Waals surface area contributed by atoms with Crippen molar-refractivity contribution in [3.63, 3.8) is 0 Å². The standard InChI is InChI=1S/C30H42O7/c1-16(31)35-23-14-22(33)26(3,4)21-13-24(36-17(2)32)29(7)20(28(21,23)6)8-10-27(5)19(18-9-11-34-15-18)12-25-30(27,29)37-25/h9,11,15,19-25,33H,8,10,12-14H2,1-7H3. The van der Waals surface area contributed by atoms with E-state index in [-0.39, 0.29) is 41.4 Å². The number of hydrogen-bond acceptors (Lipinski definition) is 7. The summed E-state index contributed by atoms with van der Waals surface area (Å²) in [5.41, 5.74) is -0.683. The molecule has 1 aromatic rings. The van der Waals surface area contributed by atoms with Crippen LogP contribution in [0.5, 0.6) is 0 Å². The zero-order valence-electron chi connectivity index (χ0n) is 23.2. The third-order valence-electron chi connectivity index (χ3n) is 12.3. The van der Waals surface area contributed by atoms with Crippen LogP contribution >= 0.6 is 0 Å². The zero-order valence-corrected chi connectivity index (χ0v) is 23.2. The summed E-state index contributed by atoms with van der Waals surface area (Å²) in [5, 5.41) is 11.3. The van der Waals surface area contributed by atoms with Gasteiger partial charge in [0.1, 0.15) is 17.8 Å². The first kappa shape index (κ1) is 25.4. The molecule has 11 atom stereocenters. The number of fused-ring (bicyclic) bond motifs is 3. The topological polar surface area (TPSA) is 98.5 Å². The SMILES string of the molecule is CC(=O)OC1CC(O)C(C)(C)C2CC(OC(C)=O)C3(C)C(CCC4(C)C(c5ccoc5)CC5OC543)C12C. The maximum Gasteiger partial charge on any atom is 0.302 e. The number of esters is 2. The number of aliphatic hydroxyl groups excluding tert-OH is 1. The molecule has 1 spiro atoms. The van der Waals surface area contributed by atoms with Gasteiger partial charge in [0.15, 0.2) is 0 Å². The molecule has 5 aliphatic rings. The van der Waals surface area contributed by atoms with Crippen molar-refractivity contribution in [2.24, 2.45) is 33.5 Å². The summed E-state index contributed by atoms with van der Waals surface area (Å²) >= 11 is 0. The van der Waals surface area contributed by atoms with Crippen LogP contribution in [0.2, 0.25) is 0 Å². The fourth-order valence-electron chi connectivity index (χ4n) is 10.7. The Kier molecular flexibility index (Phi) is 5.24. The molecular formula is C30H42O7. The Morgan fingerprint density at radius 1 is 0.973 bits per heavy atom. The minimum absolute atomic E-state index is 0.000412. The number of carbonyl (C=O) groups excluding carboxylic acids is 2. The van der Waals surface area contributed by atoms with E-state index in [1.54, 1.807) is 6.26 Å². The molecule has 1 N–H and O–H groups in total. The summed E-state index contributed by atoms with van der Waals surface area (Å²) in [5.74, 6) is -0.217. The Morgan fingerprint density at radius 2 is 1.65 bits per heavy atom. The van der Waals surface area contributed by atoms with Crippen LogP contribution in [0.1, 0.15) is 92.1 Å². The first-order valence-electron chi connectivity index (χ1n) is 14.0. The van der Waals surface area contributed by atoms with Gasteiger partial charge in [-0.2, -0.15) is 0 Å². The van der Waals surface area contributed by atoms with E-state index in [1.165, 1.54) is 19.4 Å². The Balaban J connectivity index is 1.52. The van der Waals surface area contributed by atoms with Crippen molar-refractivity contribution in [3.05, 3.63) is 24.2 Å². The fourth-order valence-corrected chi connectivity index (χ4v) is 10.7. The maximum absolute atomic E-state index is 12.6. The van der Waals surface area contributed by atoms with Gasteiger partial charge in [0.25, 0.3) is 0 Å². The molecule has 1 saturated heterocycles. The van der Waals surface area contributed by atoms with Gasteiger partial charge in [-0.05, 0) is 60.5 Å². The molecule has 1 aliphatic heterocycles. The molecule has 5 fully saturated rings. The molecular weight excluding hydrogens is 472 g/mol. The normalized spacial score (nSPS) is 51.2. The lowest BCUT2D eigenvalue weighted by atomic mass is 9.35. The van der Waals surface area contributed by atoms with Crippen LogP contribution in [-0.2, 0) is 23.8 Å². The van der Waals surface area contributed by atoms with Crippen LogP contribution in [0.3, 0.4) is 0 Å². The summed E-state index contributed by atoms with van der Waals surface area (Å²) in [6.45, 7) is 14.1.